The average Bonchev–Trinajstić information content (AvgIpc) is 2.47. The molecule has 0 radical (unpaired) electrons. The lowest BCUT2D eigenvalue weighted by atomic mass is 10.2. The second-order valence-corrected chi connectivity index (χ2v) is 4.77. The van der Waals surface area contributed by atoms with Gasteiger partial charge in [-0.1, -0.05) is 19.9 Å². The maximum atomic E-state index is 11.3. The molecule has 0 amide bonds. The van der Waals surface area contributed by atoms with E-state index in [0.717, 1.165) is 0 Å². The van der Waals surface area contributed by atoms with E-state index in [4.69, 9.17) is 5.26 Å². The lowest BCUT2D eigenvalue weighted by Gasteiger charge is -2.11. The van der Waals surface area contributed by atoms with Gasteiger partial charge in [-0.15, -0.1) is 0 Å². The van der Waals surface area contributed by atoms with E-state index in [2.05, 4.69) is 15.3 Å². The molecule has 6 nitrogen and oxygen atoms in total. The predicted molar refractivity (Wildman–Crippen MR) is 77.5 cm³/mol. The molecular formula is C15H14N4O2. The van der Waals surface area contributed by atoms with Crippen LogP contribution in [-0.4, -0.2) is 21.0 Å². The van der Waals surface area contributed by atoms with Gasteiger partial charge in [-0.05, 0) is 18.2 Å². The van der Waals surface area contributed by atoms with Crippen LogP contribution in [-0.2, 0) is 0 Å². The third-order valence-corrected chi connectivity index (χ3v) is 2.80. The van der Waals surface area contributed by atoms with Crippen molar-refractivity contribution in [2.45, 2.75) is 19.8 Å². The van der Waals surface area contributed by atoms with Crippen LogP contribution in [0.2, 0.25) is 0 Å². The number of nitriles is 1. The molecular weight excluding hydrogens is 268 g/mol. The van der Waals surface area contributed by atoms with E-state index in [1.54, 1.807) is 24.3 Å². The number of anilines is 2. The van der Waals surface area contributed by atoms with Crippen LogP contribution < -0.4 is 5.32 Å². The molecule has 2 aromatic rings. The van der Waals surface area contributed by atoms with Gasteiger partial charge in [0, 0.05) is 11.6 Å². The smallest absolute Gasteiger partial charge is 0.356 e. The number of carbonyl (C=O) groups is 1. The normalized spacial score (nSPS) is 10.2. The van der Waals surface area contributed by atoms with Crippen LogP contribution >= 0.6 is 0 Å². The van der Waals surface area contributed by atoms with Crippen LogP contribution in [0, 0.1) is 11.3 Å². The third kappa shape index (κ3) is 3.34. The lowest BCUT2D eigenvalue weighted by Crippen LogP contribution is -2.10. The van der Waals surface area contributed by atoms with Gasteiger partial charge in [0.2, 0.25) is 0 Å². The van der Waals surface area contributed by atoms with Gasteiger partial charge in [-0.25, -0.2) is 14.8 Å². The molecule has 1 aromatic heterocycles. The van der Waals surface area contributed by atoms with Crippen LogP contribution in [0.3, 0.4) is 0 Å². The Hall–Kier alpha value is -2.94. The summed E-state index contributed by atoms with van der Waals surface area (Å²) in [7, 11) is 0. The molecule has 2 N–H and O–H groups in total. The molecule has 21 heavy (non-hydrogen) atoms. The average molecular weight is 282 g/mol. The highest BCUT2D eigenvalue weighted by atomic mass is 16.4. The molecule has 0 aliphatic heterocycles. The Morgan fingerprint density at radius 2 is 2.19 bits per heavy atom. The molecule has 106 valence electrons. The molecule has 0 saturated carbocycles. The standard InChI is InChI=1S/C15H14N4O2/c1-9(2)14-17-8-12(13(19-14)15(20)21)18-11-5-3-4-10(6-11)7-16/h3-6,8-9,18H,1-2H3,(H,20,21). The Morgan fingerprint density at radius 1 is 1.43 bits per heavy atom. The van der Waals surface area contributed by atoms with Gasteiger partial charge < -0.3 is 10.4 Å². The predicted octanol–water partition coefficient (Wildman–Crippen LogP) is 2.91. The lowest BCUT2D eigenvalue weighted by molar-refractivity contribution is 0.0691. The first kappa shape index (κ1) is 14.5. The molecule has 6 heteroatoms. The van der Waals surface area contributed by atoms with Crippen molar-refractivity contribution in [1.82, 2.24) is 9.97 Å². The van der Waals surface area contributed by atoms with Crippen molar-refractivity contribution in [3.63, 3.8) is 0 Å². The molecule has 1 heterocycles. The Bertz CT molecular complexity index is 720. The maximum Gasteiger partial charge on any atom is 0.356 e. The number of carboxylic acid groups (broad SMARTS) is 1. The number of nitrogens with one attached hydrogen (secondary N) is 1. The summed E-state index contributed by atoms with van der Waals surface area (Å²) in [6.07, 6.45) is 1.45. The summed E-state index contributed by atoms with van der Waals surface area (Å²) >= 11 is 0. The van der Waals surface area contributed by atoms with Gasteiger partial charge in [0.15, 0.2) is 5.69 Å². The van der Waals surface area contributed by atoms with Gasteiger partial charge in [0.05, 0.1) is 23.5 Å². The van der Waals surface area contributed by atoms with Gasteiger partial charge in [-0.2, -0.15) is 5.26 Å². The van der Waals surface area contributed by atoms with Crippen molar-refractivity contribution in [2.75, 3.05) is 5.32 Å². The maximum absolute atomic E-state index is 11.3. The van der Waals surface area contributed by atoms with E-state index in [1.807, 2.05) is 19.9 Å². The van der Waals surface area contributed by atoms with Crippen LogP contribution in [0.25, 0.3) is 0 Å². The van der Waals surface area contributed by atoms with Crippen molar-refractivity contribution >= 4 is 17.3 Å². The van der Waals surface area contributed by atoms with E-state index in [-0.39, 0.29) is 11.6 Å². The number of nitrogens with zero attached hydrogens (tertiary/aromatic N) is 3. The Morgan fingerprint density at radius 3 is 2.81 bits per heavy atom. The zero-order valence-corrected chi connectivity index (χ0v) is 11.7. The SMILES string of the molecule is CC(C)c1ncc(Nc2cccc(C#N)c2)c(C(=O)O)n1. The first-order chi connectivity index (χ1) is 10.0. The van der Waals surface area contributed by atoms with Gasteiger partial charge in [-0.3, -0.25) is 0 Å². The number of aromatic nitrogens is 2. The van der Waals surface area contributed by atoms with E-state index < -0.39 is 5.97 Å². The zero-order chi connectivity index (χ0) is 15.4. The van der Waals surface area contributed by atoms with E-state index in [9.17, 15) is 9.90 Å². The summed E-state index contributed by atoms with van der Waals surface area (Å²) in [5, 5.41) is 21.1. The summed E-state index contributed by atoms with van der Waals surface area (Å²) in [4.78, 5) is 19.6. The summed E-state index contributed by atoms with van der Waals surface area (Å²) < 4.78 is 0. The molecule has 0 bridgehead atoms. The first-order valence-corrected chi connectivity index (χ1v) is 6.38. The monoisotopic (exact) mass is 282 g/mol. The number of hydrogen-bond acceptors (Lipinski definition) is 5. The molecule has 0 saturated heterocycles. The molecule has 0 aliphatic carbocycles. The Kier molecular flexibility index (Phi) is 4.14. The molecule has 0 aliphatic rings. The highest BCUT2D eigenvalue weighted by Crippen LogP contribution is 2.21. The summed E-state index contributed by atoms with van der Waals surface area (Å²) in [5.41, 5.74) is 1.30. The first-order valence-electron chi connectivity index (χ1n) is 6.38. The quantitative estimate of drug-likeness (QED) is 0.894. The molecule has 2 rings (SSSR count). The van der Waals surface area contributed by atoms with Crippen molar-refractivity contribution in [2.24, 2.45) is 0 Å². The molecule has 1 aromatic carbocycles. The zero-order valence-electron chi connectivity index (χ0n) is 11.7. The Labute approximate surface area is 122 Å². The van der Waals surface area contributed by atoms with Gasteiger partial charge >= 0.3 is 5.97 Å². The third-order valence-electron chi connectivity index (χ3n) is 2.80. The van der Waals surface area contributed by atoms with E-state index in [1.165, 1.54) is 6.20 Å². The second-order valence-electron chi connectivity index (χ2n) is 4.77. The van der Waals surface area contributed by atoms with Crippen LogP contribution in [0.15, 0.2) is 30.5 Å². The molecule has 0 atom stereocenters. The summed E-state index contributed by atoms with van der Waals surface area (Å²) in [6.45, 7) is 3.79. The fraction of sp³-hybridized carbons (Fsp3) is 0.200. The number of aromatic carboxylic acids is 1. The van der Waals surface area contributed by atoms with Gasteiger partial charge in [0.25, 0.3) is 0 Å². The molecule has 0 unspecified atom stereocenters. The van der Waals surface area contributed by atoms with Crippen molar-refractivity contribution in [3.05, 3.63) is 47.5 Å². The minimum Gasteiger partial charge on any atom is -0.476 e. The van der Waals surface area contributed by atoms with E-state index >= 15 is 0 Å². The topological polar surface area (TPSA) is 98.9 Å². The van der Waals surface area contributed by atoms with Gasteiger partial charge in [0.1, 0.15) is 5.82 Å². The second kappa shape index (κ2) is 6.01. The number of hydrogen-bond donors (Lipinski definition) is 2. The fourth-order valence-electron chi connectivity index (χ4n) is 1.75. The highest BCUT2D eigenvalue weighted by molar-refractivity contribution is 5.92. The summed E-state index contributed by atoms with van der Waals surface area (Å²) in [5.74, 6) is -0.610. The number of carboxylic acids is 1. The molecule has 0 fully saturated rings. The van der Waals surface area contributed by atoms with E-state index in [0.29, 0.717) is 22.8 Å². The van der Waals surface area contributed by atoms with Crippen molar-refractivity contribution in [3.8, 4) is 6.07 Å². The number of benzene rings is 1. The van der Waals surface area contributed by atoms with Crippen LogP contribution in [0.1, 0.15) is 41.6 Å². The number of rotatable bonds is 4. The summed E-state index contributed by atoms with van der Waals surface area (Å²) in [6, 6.07) is 8.77. The van der Waals surface area contributed by atoms with Crippen molar-refractivity contribution in [1.29, 1.82) is 5.26 Å². The minimum atomic E-state index is -1.13. The largest absolute Gasteiger partial charge is 0.476 e. The van der Waals surface area contributed by atoms with Crippen molar-refractivity contribution < 1.29 is 9.90 Å². The van der Waals surface area contributed by atoms with Crippen LogP contribution in [0.5, 0.6) is 0 Å². The Balaban J connectivity index is 2.39. The highest BCUT2D eigenvalue weighted by Gasteiger charge is 2.15. The minimum absolute atomic E-state index is 0.0408. The molecule has 0 spiro atoms. The van der Waals surface area contributed by atoms with Crippen LogP contribution in [0.4, 0.5) is 11.4 Å². The fourth-order valence-corrected chi connectivity index (χ4v) is 1.75.